The first kappa shape index (κ1) is 14.6. The first-order valence-corrected chi connectivity index (χ1v) is 7.03. The summed E-state index contributed by atoms with van der Waals surface area (Å²) < 4.78 is 5.33. The van der Waals surface area contributed by atoms with Gasteiger partial charge in [0.1, 0.15) is 0 Å². The van der Waals surface area contributed by atoms with Crippen molar-refractivity contribution in [2.45, 2.75) is 6.42 Å². The Balaban J connectivity index is 1.70. The van der Waals surface area contributed by atoms with Crippen molar-refractivity contribution in [1.29, 1.82) is 0 Å². The molecule has 0 saturated heterocycles. The first-order chi connectivity index (χ1) is 11.2. The largest absolute Gasteiger partial charge is 0.481 e. The molecule has 0 saturated carbocycles. The second-order valence-corrected chi connectivity index (χ2v) is 4.93. The zero-order chi connectivity index (χ0) is 16.1. The van der Waals surface area contributed by atoms with Gasteiger partial charge in [-0.2, -0.15) is 0 Å². The van der Waals surface area contributed by atoms with E-state index in [1.54, 1.807) is 18.3 Å². The predicted octanol–water partition coefficient (Wildman–Crippen LogP) is 3.41. The maximum Gasteiger partial charge on any atom is 0.307 e. The zero-order valence-electron chi connectivity index (χ0n) is 12.2. The Morgan fingerprint density at radius 1 is 1.09 bits per heavy atom. The van der Waals surface area contributed by atoms with E-state index >= 15 is 0 Å². The van der Waals surface area contributed by atoms with Crippen LogP contribution in [0.5, 0.6) is 0 Å². The highest BCUT2D eigenvalue weighted by molar-refractivity contribution is 5.75. The summed E-state index contributed by atoms with van der Waals surface area (Å²) in [6.07, 6.45) is 3.06. The molecule has 6 heteroatoms. The molecule has 0 amide bonds. The highest BCUT2D eigenvalue weighted by atomic mass is 16.4. The molecule has 0 aliphatic heterocycles. The van der Waals surface area contributed by atoms with Crippen LogP contribution in [0.3, 0.4) is 0 Å². The van der Waals surface area contributed by atoms with Crippen LogP contribution in [0.4, 0.5) is 11.4 Å². The summed E-state index contributed by atoms with van der Waals surface area (Å²) in [7, 11) is 0. The lowest BCUT2D eigenvalue weighted by atomic mass is 10.1. The minimum absolute atomic E-state index is 0.0159. The van der Waals surface area contributed by atoms with Crippen molar-refractivity contribution in [3.63, 3.8) is 0 Å². The van der Waals surface area contributed by atoms with Gasteiger partial charge >= 0.3 is 5.97 Å². The van der Waals surface area contributed by atoms with E-state index in [9.17, 15) is 4.79 Å². The molecule has 0 atom stereocenters. The van der Waals surface area contributed by atoms with Gasteiger partial charge in [-0.25, -0.2) is 4.98 Å². The SMILES string of the molecule is O=C(O)Cc1ccc(NNc2ccccc2-c2cnco2)cc1. The van der Waals surface area contributed by atoms with Gasteiger partial charge in [-0.1, -0.05) is 24.3 Å². The van der Waals surface area contributed by atoms with E-state index in [-0.39, 0.29) is 6.42 Å². The molecule has 1 aromatic heterocycles. The lowest BCUT2D eigenvalue weighted by Crippen LogP contribution is -2.09. The van der Waals surface area contributed by atoms with Crippen LogP contribution in [0.2, 0.25) is 0 Å². The molecule has 1 heterocycles. The van der Waals surface area contributed by atoms with Crippen LogP contribution in [-0.2, 0) is 11.2 Å². The molecule has 0 fully saturated rings. The maximum atomic E-state index is 10.7. The van der Waals surface area contributed by atoms with Gasteiger partial charge in [0, 0.05) is 5.56 Å². The highest BCUT2D eigenvalue weighted by Crippen LogP contribution is 2.27. The van der Waals surface area contributed by atoms with Crippen LogP contribution in [0.25, 0.3) is 11.3 Å². The monoisotopic (exact) mass is 309 g/mol. The number of hydrazine groups is 1. The quantitative estimate of drug-likeness (QED) is 0.605. The third-order valence-electron chi connectivity index (χ3n) is 3.28. The van der Waals surface area contributed by atoms with Crippen LogP contribution < -0.4 is 10.9 Å². The van der Waals surface area contributed by atoms with Crippen LogP contribution >= 0.6 is 0 Å². The topological polar surface area (TPSA) is 87.4 Å². The number of benzene rings is 2. The molecular weight excluding hydrogens is 294 g/mol. The molecule has 2 aromatic carbocycles. The zero-order valence-corrected chi connectivity index (χ0v) is 12.2. The third kappa shape index (κ3) is 3.68. The summed E-state index contributed by atoms with van der Waals surface area (Å²) in [5, 5.41) is 8.77. The van der Waals surface area contributed by atoms with Crippen molar-refractivity contribution < 1.29 is 14.3 Å². The number of aromatic nitrogens is 1. The number of hydrogen-bond acceptors (Lipinski definition) is 5. The Morgan fingerprint density at radius 3 is 2.57 bits per heavy atom. The first-order valence-electron chi connectivity index (χ1n) is 7.03. The number of hydrogen-bond donors (Lipinski definition) is 3. The number of oxazole rings is 1. The Kier molecular flexibility index (Phi) is 4.24. The van der Waals surface area contributed by atoms with Gasteiger partial charge in [-0.05, 0) is 29.8 Å². The van der Waals surface area contributed by atoms with E-state index in [1.807, 2.05) is 36.4 Å². The number of aliphatic carboxylic acids is 1. The second kappa shape index (κ2) is 6.65. The van der Waals surface area contributed by atoms with Crippen LogP contribution in [0.1, 0.15) is 5.56 Å². The lowest BCUT2D eigenvalue weighted by Gasteiger charge is -2.13. The smallest absolute Gasteiger partial charge is 0.307 e. The fourth-order valence-electron chi connectivity index (χ4n) is 2.18. The minimum atomic E-state index is -0.843. The Labute approximate surface area is 132 Å². The van der Waals surface area contributed by atoms with E-state index < -0.39 is 5.97 Å². The maximum absolute atomic E-state index is 10.7. The van der Waals surface area contributed by atoms with E-state index in [0.29, 0.717) is 5.76 Å². The summed E-state index contributed by atoms with van der Waals surface area (Å²) in [5.74, 6) is -0.170. The fourth-order valence-corrected chi connectivity index (χ4v) is 2.18. The Hall–Kier alpha value is -3.28. The van der Waals surface area contributed by atoms with Crippen LogP contribution in [0.15, 0.2) is 65.5 Å². The number of rotatable bonds is 6. The molecule has 23 heavy (non-hydrogen) atoms. The third-order valence-corrected chi connectivity index (χ3v) is 3.28. The van der Waals surface area contributed by atoms with Crippen molar-refractivity contribution >= 4 is 17.3 Å². The fraction of sp³-hybridized carbons (Fsp3) is 0.0588. The minimum Gasteiger partial charge on any atom is -0.481 e. The lowest BCUT2D eigenvalue weighted by molar-refractivity contribution is -0.136. The van der Waals surface area contributed by atoms with E-state index in [0.717, 1.165) is 22.5 Å². The average molecular weight is 309 g/mol. The van der Waals surface area contributed by atoms with Crippen LogP contribution in [0, 0.1) is 0 Å². The molecule has 116 valence electrons. The molecule has 3 aromatic rings. The average Bonchev–Trinajstić information content (AvgIpc) is 3.08. The summed E-state index contributed by atoms with van der Waals surface area (Å²) in [6, 6.07) is 14.9. The molecule has 0 aliphatic carbocycles. The standard InChI is InChI=1S/C17H15N3O3/c21-17(22)9-12-5-7-13(8-6-12)19-20-15-4-2-1-3-14(15)16-10-18-11-23-16/h1-8,10-11,19-20H,9H2,(H,21,22). The number of carboxylic acids is 1. The van der Waals surface area contributed by atoms with Gasteiger partial charge in [0.05, 0.1) is 24.0 Å². The number of nitrogens with one attached hydrogen (secondary N) is 2. The predicted molar refractivity (Wildman–Crippen MR) is 87.0 cm³/mol. The number of carbonyl (C=O) groups is 1. The van der Waals surface area contributed by atoms with Crippen molar-refractivity contribution in [2.24, 2.45) is 0 Å². The summed E-state index contributed by atoms with van der Waals surface area (Å²) in [4.78, 5) is 14.6. The molecule has 3 rings (SSSR count). The number of nitrogens with zero attached hydrogens (tertiary/aromatic N) is 1. The van der Waals surface area contributed by atoms with E-state index in [2.05, 4.69) is 15.8 Å². The number of para-hydroxylation sites is 1. The molecule has 0 bridgehead atoms. The van der Waals surface area contributed by atoms with Gasteiger partial charge in [-0.15, -0.1) is 0 Å². The number of anilines is 2. The molecule has 3 N–H and O–H groups in total. The Morgan fingerprint density at radius 2 is 1.87 bits per heavy atom. The van der Waals surface area contributed by atoms with Gasteiger partial charge in [0.2, 0.25) is 0 Å². The van der Waals surface area contributed by atoms with Gasteiger partial charge in [-0.3, -0.25) is 4.79 Å². The van der Waals surface area contributed by atoms with Crippen molar-refractivity contribution in [2.75, 3.05) is 10.9 Å². The van der Waals surface area contributed by atoms with Gasteiger partial charge in [0.15, 0.2) is 12.2 Å². The summed E-state index contributed by atoms with van der Waals surface area (Å²) in [6.45, 7) is 0. The van der Waals surface area contributed by atoms with E-state index in [4.69, 9.17) is 9.52 Å². The van der Waals surface area contributed by atoms with Gasteiger partial charge < -0.3 is 20.4 Å². The molecule has 0 unspecified atom stereocenters. The summed E-state index contributed by atoms with van der Waals surface area (Å²) >= 11 is 0. The second-order valence-electron chi connectivity index (χ2n) is 4.93. The molecule has 0 aliphatic rings. The van der Waals surface area contributed by atoms with Crippen molar-refractivity contribution in [3.8, 4) is 11.3 Å². The normalized spacial score (nSPS) is 10.3. The molecule has 0 spiro atoms. The van der Waals surface area contributed by atoms with E-state index in [1.165, 1.54) is 6.39 Å². The molecular formula is C17H15N3O3. The number of carboxylic acid groups (broad SMARTS) is 1. The van der Waals surface area contributed by atoms with Gasteiger partial charge in [0.25, 0.3) is 0 Å². The molecule has 0 radical (unpaired) electrons. The van der Waals surface area contributed by atoms with Crippen molar-refractivity contribution in [1.82, 2.24) is 4.98 Å². The van der Waals surface area contributed by atoms with Crippen LogP contribution in [-0.4, -0.2) is 16.1 Å². The highest BCUT2D eigenvalue weighted by Gasteiger charge is 2.07. The summed E-state index contributed by atoms with van der Waals surface area (Å²) in [5.41, 5.74) is 9.52. The Bertz CT molecular complexity index is 783. The molecule has 6 nitrogen and oxygen atoms in total. The van der Waals surface area contributed by atoms with Crippen molar-refractivity contribution in [3.05, 3.63) is 66.7 Å².